The number of alkyl halides is 1. The van der Waals surface area contributed by atoms with Gasteiger partial charge in [-0.25, -0.2) is 0 Å². The number of hydrogen-bond acceptors (Lipinski definition) is 2. The summed E-state index contributed by atoms with van der Waals surface area (Å²) >= 11 is 5.93. The van der Waals surface area contributed by atoms with Crippen LogP contribution in [0.15, 0.2) is 17.3 Å². The van der Waals surface area contributed by atoms with E-state index in [2.05, 4.69) is 17.3 Å². The van der Waals surface area contributed by atoms with Crippen molar-refractivity contribution in [1.82, 2.24) is 0 Å². The molecule has 0 spiro atoms. The van der Waals surface area contributed by atoms with E-state index in [1.807, 2.05) is 0 Å². The van der Waals surface area contributed by atoms with Crippen LogP contribution in [0.3, 0.4) is 0 Å². The zero-order chi connectivity index (χ0) is 7.14. The highest BCUT2D eigenvalue weighted by Crippen LogP contribution is 2.39. The van der Waals surface area contributed by atoms with E-state index in [1.165, 1.54) is 0 Å². The molecule has 0 aromatic heterocycles. The summed E-state index contributed by atoms with van der Waals surface area (Å²) < 4.78 is 0. The van der Waals surface area contributed by atoms with Crippen LogP contribution in [0.4, 0.5) is 0 Å². The molecular formula is C7H8ClNO. The maximum Gasteiger partial charge on any atom is 0.0823 e. The van der Waals surface area contributed by atoms with Crippen molar-refractivity contribution >= 4 is 17.3 Å². The Balaban J connectivity index is 2.34. The molecule has 0 heterocycles. The Hall–Kier alpha value is -0.500. The van der Waals surface area contributed by atoms with Gasteiger partial charge >= 0.3 is 0 Å². The number of fused-ring (bicyclic) bond motifs is 2. The SMILES string of the molecule is O/N=C1/[C@H]2C=C[C@@H](C2)[C@H]1Cl. The lowest BCUT2D eigenvalue weighted by molar-refractivity contribution is 0.316. The minimum atomic E-state index is -0.0556. The fourth-order valence-corrected chi connectivity index (χ4v) is 2.11. The molecule has 2 rings (SSSR count). The zero-order valence-electron chi connectivity index (χ0n) is 5.37. The molecule has 1 saturated carbocycles. The molecule has 1 fully saturated rings. The van der Waals surface area contributed by atoms with E-state index in [0.29, 0.717) is 11.8 Å². The van der Waals surface area contributed by atoms with Gasteiger partial charge in [-0.05, 0) is 12.3 Å². The number of hydrogen-bond donors (Lipinski definition) is 1. The van der Waals surface area contributed by atoms with Crippen molar-refractivity contribution in [1.29, 1.82) is 0 Å². The molecule has 3 heteroatoms. The van der Waals surface area contributed by atoms with E-state index >= 15 is 0 Å². The first-order valence-electron chi connectivity index (χ1n) is 3.37. The van der Waals surface area contributed by atoms with Gasteiger partial charge in [0.1, 0.15) is 0 Å². The summed E-state index contributed by atoms with van der Waals surface area (Å²) in [5, 5.41) is 11.7. The third-order valence-electron chi connectivity index (χ3n) is 2.27. The standard InChI is InChI=1S/C7H8ClNO/c8-6-4-1-2-5(3-4)7(6)9-10/h1-2,4-6,10H,3H2/b9-7-/t4-,5-,6+/m0/s1. The lowest BCUT2D eigenvalue weighted by Crippen LogP contribution is -2.19. The van der Waals surface area contributed by atoms with Crippen molar-refractivity contribution in [2.75, 3.05) is 0 Å². The highest BCUT2D eigenvalue weighted by Gasteiger charge is 2.40. The summed E-state index contributed by atoms with van der Waals surface area (Å²) in [4.78, 5) is 0. The fraction of sp³-hybridized carbons (Fsp3) is 0.571. The van der Waals surface area contributed by atoms with Gasteiger partial charge in [0, 0.05) is 5.92 Å². The Morgan fingerprint density at radius 1 is 1.60 bits per heavy atom. The zero-order valence-corrected chi connectivity index (χ0v) is 6.12. The molecule has 0 aliphatic heterocycles. The number of nitrogens with zero attached hydrogens (tertiary/aromatic N) is 1. The largest absolute Gasteiger partial charge is 0.411 e. The van der Waals surface area contributed by atoms with Crippen LogP contribution in [0.2, 0.25) is 0 Å². The molecule has 0 aromatic rings. The van der Waals surface area contributed by atoms with Crippen molar-refractivity contribution in [3.05, 3.63) is 12.2 Å². The van der Waals surface area contributed by atoms with Crippen LogP contribution in [0, 0.1) is 11.8 Å². The van der Waals surface area contributed by atoms with Crippen LogP contribution in [0.5, 0.6) is 0 Å². The first-order chi connectivity index (χ1) is 4.83. The summed E-state index contributed by atoms with van der Waals surface area (Å²) in [6.45, 7) is 0. The van der Waals surface area contributed by atoms with Crippen molar-refractivity contribution in [3.63, 3.8) is 0 Å². The van der Waals surface area contributed by atoms with Crippen LogP contribution < -0.4 is 0 Å². The van der Waals surface area contributed by atoms with E-state index in [-0.39, 0.29) is 5.38 Å². The molecule has 0 unspecified atom stereocenters. The minimum Gasteiger partial charge on any atom is -0.411 e. The molecule has 0 amide bonds. The predicted molar refractivity (Wildman–Crippen MR) is 39.6 cm³/mol. The van der Waals surface area contributed by atoms with Gasteiger partial charge in [-0.1, -0.05) is 17.3 Å². The van der Waals surface area contributed by atoms with Crippen LogP contribution in [-0.2, 0) is 0 Å². The van der Waals surface area contributed by atoms with E-state index < -0.39 is 0 Å². The molecule has 2 bridgehead atoms. The summed E-state index contributed by atoms with van der Waals surface area (Å²) in [5.41, 5.74) is 0.745. The van der Waals surface area contributed by atoms with Gasteiger partial charge in [0.05, 0.1) is 11.1 Å². The highest BCUT2D eigenvalue weighted by molar-refractivity contribution is 6.34. The van der Waals surface area contributed by atoms with Crippen molar-refractivity contribution < 1.29 is 5.21 Å². The van der Waals surface area contributed by atoms with Crippen LogP contribution >= 0.6 is 11.6 Å². The van der Waals surface area contributed by atoms with E-state index in [9.17, 15) is 0 Å². The molecule has 2 aliphatic rings. The summed E-state index contributed by atoms with van der Waals surface area (Å²) in [6.07, 6.45) is 5.21. The van der Waals surface area contributed by atoms with Crippen molar-refractivity contribution in [2.24, 2.45) is 17.0 Å². The number of oxime groups is 1. The topological polar surface area (TPSA) is 32.6 Å². The predicted octanol–water partition coefficient (Wildman–Crippen LogP) is 1.63. The lowest BCUT2D eigenvalue weighted by atomic mass is 10.1. The van der Waals surface area contributed by atoms with Gasteiger partial charge in [-0.2, -0.15) is 0 Å². The normalized spacial score (nSPS) is 47.3. The average molecular weight is 158 g/mol. The number of allylic oxidation sites excluding steroid dienone is 2. The third kappa shape index (κ3) is 0.626. The molecule has 0 aromatic carbocycles. The maximum atomic E-state index is 8.53. The number of rotatable bonds is 0. The summed E-state index contributed by atoms with van der Waals surface area (Å²) in [5.74, 6) is 0.732. The Bertz CT molecular complexity index is 212. The quantitative estimate of drug-likeness (QED) is 0.247. The number of halogens is 1. The van der Waals surface area contributed by atoms with Gasteiger partial charge in [0.2, 0.25) is 0 Å². The molecule has 1 N–H and O–H groups in total. The third-order valence-corrected chi connectivity index (χ3v) is 2.82. The second-order valence-corrected chi connectivity index (χ2v) is 3.29. The summed E-state index contributed by atoms with van der Waals surface area (Å²) in [6, 6.07) is 0. The second-order valence-electron chi connectivity index (χ2n) is 2.82. The Kier molecular flexibility index (Phi) is 1.24. The van der Waals surface area contributed by atoms with E-state index in [4.69, 9.17) is 16.8 Å². The monoisotopic (exact) mass is 157 g/mol. The minimum absolute atomic E-state index is 0.0556. The molecule has 10 heavy (non-hydrogen) atoms. The van der Waals surface area contributed by atoms with Gasteiger partial charge in [-0.3, -0.25) is 0 Å². The highest BCUT2D eigenvalue weighted by atomic mass is 35.5. The van der Waals surface area contributed by atoms with Crippen molar-refractivity contribution in [3.8, 4) is 0 Å². The van der Waals surface area contributed by atoms with Crippen molar-refractivity contribution in [2.45, 2.75) is 11.8 Å². The first kappa shape index (κ1) is 6.23. The van der Waals surface area contributed by atoms with E-state index in [1.54, 1.807) is 0 Å². The van der Waals surface area contributed by atoms with Gasteiger partial charge < -0.3 is 5.21 Å². The lowest BCUT2D eigenvalue weighted by Gasteiger charge is -2.10. The van der Waals surface area contributed by atoms with Crippen LogP contribution in [0.1, 0.15) is 6.42 Å². The van der Waals surface area contributed by atoms with Crippen LogP contribution in [0.25, 0.3) is 0 Å². The molecule has 54 valence electrons. The fourth-order valence-electron chi connectivity index (χ4n) is 1.72. The van der Waals surface area contributed by atoms with Gasteiger partial charge in [0.25, 0.3) is 0 Å². The van der Waals surface area contributed by atoms with E-state index in [0.717, 1.165) is 12.1 Å². The first-order valence-corrected chi connectivity index (χ1v) is 3.81. The van der Waals surface area contributed by atoms with Crippen LogP contribution in [-0.4, -0.2) is 16.3 Å². The molecule has 2 aliphatic carbocycles. The Morgan fingerprint density at radius 3 is 2.80 bits per heavy atom. The summed E-state index contributed by atoms with van der Waals surface area (Å²) in [7, 11) is 0. The Morgan fingerprint density at radius 2 is 2.40 bits per heavy atom. The molecule has 0 radical (unpaired) electrons. The molecule has 2 nitrogen and oxygen atoms in total. The molecule has 3 atom stereocenters. The Labute approximate surface area is 64.2 Å². The average Bonchev–Trinajstić information content (AvgIpc) is 2.46. The smallest absolute Gasteiger partial charge is 0.0823 e. The van der Waals surface area contributed by atoms with Gasteiger partial charge in [0.15, 0.2) is 0 Å². The second kappa shape index (κ2) is 1.99. The maximum absolute atomic E-state index is 8.53. The molecule has 0 saturated heterocycles. The molecular weight excluding hydrogens is 150 g/mol. The van der Waals surface area contributed by atoms with Gasteiger partial charge in [-0.15, -0.1) is 11.6 Å².